The number of nitrogens with zero attached hydrogens (tertiary/aromatic N) is 1. The Kier molecular flexibility index (Phi) is 4.92. The fourth-order valence-electron chi connectivity index (χ4n) is 4.34. The standard InChI is InChI=1S/C21H29NO3Si/c1-17(2)19-10-9-18(3)21(15-19)16-22-11-13-23-26(25-21,24-14-12-22)20-7-5-4-6-8-20/h4-9,19H,1,10-16H2,2-3H3/t19-,21-/m1/s1. The summed E-state index contributed by atoms with van der Waals surface area (Å²) in [5.41, 5.74) is 2.19. The van der Waals surface area contributed by atoms with E-state index in [1.165, 1.54) is 11.1 Å². The SMILES string of the molecule is C=C(C)[C@@H]1CC=C(C)[C@@]2(C1)CN1CCO[Si](c3ccccc3)(OCC1)O2. The summed E-state index contributed by atoms with van der Waals surface area (Å²) >= 11 is 0. The smallest absolute Gasteiger partial charge is 0.369 e. The monoisotopic (exact) mass is 371 g/mol. The van der Waals surface area contributed by atoms with Gasteiger partial charge in [-0.05, 0) is 38.2 Å². The Balaban J connectivity index is 1.79. The van der Waals surface area contributed by atoms with Crippen LogP contribution in [0.3, 0.4) is 0 Å². The van der Waals surface area contributed by atoms with Gasteiger partial charge in [-0.1, -0.05) is 48.6 Å². The Bertz CT molecular complexity index is 694. The van der Waals surface area contributed by atoms with E-state index >= 15 is 0 Å². The fourth-order valence-corrected chi connectivity index (χ4v) is 7.14. The van der Waals surface area contributed by atoms with E-state index in [2.05, 4.69) is 43.5 Å². The topological polar surface area (TPSA) is 30.9 Å². The van der Waals surface area contributed by atoms with Crippen molar-refractivity contribution in [2.24, 2.45) is 5.92 Å². The minimum atomic E-state index is -2.97. The molecule has 0 aromatic heterocycles. The van der Waals surface area contributed by atoms with Crippen molar-refractivity contribution in [1.29, 1.82) is 0 Å². The first kappa shape index (κ1) is 18.1. The fraction of sp³-hybridized carbons (Fsp3) is 0.524. The van der Waals surface area contributed by atoms with Gasteiger partial charge >= 0.3 is 8.80 Å². The van der Waals surface area contributed by atoms with E-state index < -0.39 is 8.80 Å². The molecule has 1 aliphatic carbocycles. The van der Waals surface area contributed by atoms with Crippen LogP contribution in [0, 0.1) is 5.92 Å². The molecule has 26 heavy (non-hydrogen) atoms. The van der Waals surface area contributed by atoms with E-state index in [4.69, 9.17) is 13.3 Å². The molecular formula is C21H29NO3Si. The number of allylic oxidation sites excluding steroid dienone is 2. The van der Waals surface area contributed by atoms with Gasteiger partial charge in [0.2, 0.25) is 0 Å². The zero-order valence-corrected chi connectivity index (χ0v) is 16.9. The lowest BCUT2D eigenvalue weighted by Crippen LogP contribution is -2.68. The minimum Gasteiger partial charge on any atom is -0.369 e. The summed E-state index contributed by atoms with van der Waals surface area (Å²) in [6.07, 6.45) is 4.34. The zero-order chi connectivity index (χ0) is 18.2. The minimum absolute atomic E-state index is 0.356. The van der Waals surface area contributed by atoms with Crippen LogP contribution in [0.2, 0.25) is 0 Å². The Morgan fingerprint density at radius 2 is 1.88 bits per heavy atom. The van der Waals surface area contributed by atoms with Crippen molar-refractivity contribution >= 4 is 14.0 Å². The second kappa shape index (κ2) is 7.06. The molecule has 4 nitrogen and oxygen atoms in total. The lowest BCUT2D eigenvalue weighted by Gasteiger charge is -2.51. The summed E-state index contributed by atoms with van der Waals surface area (Å²) in [4.78, 5) is 2.43. The molecule has 0 unspecified atom stereocenters. The number of hydrogen-bond donors (Lipinski definition) is 0. The van der Waals surface area contributed by atoms with E-state index in [1.807, 2.05) is 18.2 Å². The predicted octanol–water partition coefficient (Wildman–Crippen LogP) is 2.88. The van der Waals surface area contributed by atoms with Crippen LogP contribution in [-0.4, -0.2) is 52.2 Å². The molecule has 1 aromatic carbocycles. The van der Waals surface area contributed by atoms with Gasteiger partial charge < -0.3 is 13.3 Å². The Labute approximate surface area is 157 Å². The van der Waals surface area contributed by atoms with Crippen LogP contribution in [0.5, 0.6) is 0 Å². The van der Waals surface area contributed by atoms with Crippen molar-refractivity contribution in [2.75, 3.05) is 32.8 Å². The highest BCUT2D eigenvalue weighted by molar-refractivity contribution is 6.75. The highest BCUT2D eigenvalue weighted by atomic mass is 28.4. The highest BCUT2D eigenvalue weighted by Crippen LogP contribution is 2.42. The van der Waals surface area contributed by atoms with Gasteiger partial charge in [-0.25, -0.2) is 0 Å². The first-order valence-electron chi connectivity index (χ1n) is 9.62. The van der Waals surface area contributed by atoms with Crippen LogP contribution in [0.25, 0.3) is 0 Å². The maximum atomic E-state index is 7.00. The summed E-state index contributed by atoms with van der Waals surface area (Å²) in [6, 6.07) is 10.3. The van der Waals surface area contributed by atoms with Gasteiger partial charge in [0.15, 0.2) is 0 Å². The van der Waals surface area contributed by atoms with Crippen LogP contribution >= 0.6 is 0 Å². The molecule has 3 fully saturated rings. The number of hydrogen-bond acceptors (Lipinski definition) is 4. The lowest BCUT2D eigenvalue weighted by atomic mass is 9.75. The van der Waals surface area contributed by atoms with Gasteiger partial charge in [0.05, 0.1) is 18.8 Å². The molecule has 0 saturated carbocycles. The van der Waals surface area contributed by atoms with Gasteiger partial charge in [0, 0.05) is 24.8 Å². The van der Waals surface area contributed by atoms with Crippen LogP contribution in [0.4, 0.5) is 0 Å². The van der Waals surface area contributed by atoms with E-state index in [9.17, 15) is 0 Å². The van der Waals surface area contributed by atoms with Crippen LogP contribution in [0.15, 0.2) is 54.1 Å². The quantitative estimate of drug-likeness (QED) is 0.591. The molecule has 1 aromatic rings. The molecule has 0 radical (unpaired) electrons. The molecule has 0 amide bonds. The van der Waals surface area contributed by atoms with Crippen LogP contribution in [0.1, 0.15) is 26.7 Å². The Hall–Kier alpha value is -1.24. The first-order chi connectivity index (χ1) is 12.5. The van der Waals surface area contributed by atoms with E-state index in [0.717, 1.165) is 37.7 Å². The van der Waals surface area contributed by atoms with Crippen molar-refractivity contribution in [1.82, 2.24) is 4.90 Å². The van der Waals surface area contributed by atoms with Gasteiger partial charge in [-0.15, -0.1) is 0 Å². The third-order valence-corrected chi connectivity index (χ3v) is 8.90. The van der Waals surface area contributed by atoms with Crippen molar-refractivity contribution in [3.63, 3.8) is 0 Å². The molecule has 0 N–H and O–H groups in total. The van der Waals surface area contributed by atoms with Gasteiger partial charge in [-0.3, -0.25) is 4.90 Å². The van der Waals surface area contributed by atoms with Gasteiger partial charge in [-0.2, -0.15) is 0 Å². The number of fused-ring (bicyclic) bond motifs is 4. The van der Waals surface area contributed by atoms with Gasteiger partial charge in [0.25, 0.3) is 0 Å². The van der Waals surface area contributed by atoms with Crippen LogP contribution in [-0.2, 0) is 13.3 Å². The lowest BCUT2D eigenvalue weighted by molar-refractivity contribution is -0.0781. The van der Waals surface area contributed by atoms with E-state index in [1.54, 1.807) is 0 Å². The summed E-state index contributed by atoms with van der Waals surface area (Å²) in [6.45, 7) is 12.7. The Morgan fingerprint density at radius 1 is 1.19 bits per heavy atom. The molecule has 5 heteroatoms. The molecule has 2 bridgehead atoms. The maximum absolute atomic E-state index is 7.00. The number of benzene rings is 1. The average Bonchev–Trinajstić information content (AvgIpc) is 2.59. The van der Waals surface area contributed by atoms with Crippen molar-refractivity contribution in [3.8, 4) is 0 Å². The largest absolute Gasteiger partial charge is 0.538 e. The molecule has 4 aliphatic rings. The summed E-state index contributed by atoms with van der Waals surface area (Å²) in [7, 11) is -2.97. The zero-order valence-electron chi connectivity index (χ0n) is 15.9. The summed E-state index contributed by atoms with van der Waals surface area (Å²) in [5, 5.41) is 1.07. The van der Waals surface area contributed by atoms with Crippen LogP contribution < -0.4 is 5.19 Å². The third-order valence-electron chi connectivity index (χ3n) is 6.04. The Morgan fingerprint density at radius 3 is 2.54 bits per heavy atom. The molecule has 3 heterocycles. The summed E-state index contributed by atoms with van der Waals surface area (Å²) < 4.78 is 19.8. The van der Waals surface area contributed by atoms with E-state index in [-0.39, 0.29) is 5.60 Å². The van der Waals surface area contributed by atoms with Crippen molar-refractivity contribution < 1.29 is 13.3 Å². The predicted molar refractivity (Wildman–Crippen MR) is 105 cm³/mol. The molecule has 3 saturated heterocycles. The third kappa shape index (κ3) is 3.23. The van der Waals surface area contributed by atoms with Gasteiger partial charge in [0.1, 0.15) is 0 Å². The average molecular weight is 372 g/mol. The molecule has 3 aliphatic heterocycles. The molecule has 2 atom stereocenters. The maximum Gasteiger partial charge on any atom is 0.538 e. The number of rotatable bonds is 2. The van der Waals surface area contributed by atoms with Crippen molar-refractivity contribution in [2.45, 2.75) is 32.3 Å². The first-order valence-corrected chi connectivity index (χ1v) is 11.3. The molecular weight excluding hydrogens is 342 g/mol. The van der Waals surface area contributed by atoms with Crippen molar-refractivity contribution in [3.05, 3.63) is 54.1 Å². The second-order valence-corrected chi connectivity index (χ2v) is 10.3. The normalized spacial score (nSPS) is 37.5. The molecule has 1 spiro atoms. The highest BCUT2D eigenvalue weighted by Gasteiger charge is 2.55. The summed E-state index contributed by atoms with van der Waals surface area (Å²) in [5.74, 6) is 0.446. The van der Waals surface area contributed by atoms with E-state index in [0.29, 0.717) is 19.1 Å². The molecule has 140 valence electrons. The molecule has 5 rings (SSSR count). The second-order valence-electron chi connectivity index (χ2n) is 7.86.